The monoisotopic (exact) mass is 231 g/mol. The Morgan fingerprint density at radius 2 is 1.94 bits per heavy atom. The maximum atomic E-state index is 13.1. The number of nitrogens with zero attached hydrogens (tertiary/aromatic N) is 1. The third kappa shape index (κ3) is 2.66. The summed E-state index contributed by atoms with van der Waals surface area (Å²) >= 11 is 0. The van der Waals surface area contributed by atoms with Crippen LogP contribution in [0, 0.1) is 5.82 Å². The number of hydrogen-bond acceptors (Lipinski definition) is 2. The Morgan fingerprint density at radius 1 is 1.24 bits per heavy atom. The molecule has 0 spiro atoms. The maximum absolute atomic E-state index is 13.1. The molecule has 0 aliphatic carbocycles. The highest BCUT2D eigenvalue weighted by Gasteiger charge is 2.11. The molecule has 0 atom stereocenters. The summed E-state index contributed by atoms with van der Waals surface area (Å²) in [5.41, 5.74) is 1.49. The molecule has 1 heterocycles. The van der Waals surface area contributed by atoms with E-state index in [4.69, 9.17) is 5.11 Å². The number of carboxylic acid groups (broad SMARTS) is 1. The molecule has 4 heteroatoms. The van der Waals surface area contributed by atoms with E-state index in [1.807, 2.05) is 0 Å². The zero-order valence-electron chi connectivity index (χ0n) is 8.93. The number of halogens is 1. The normalized spacial score (nSPS) is 10.2. The average Bonchev–Trinajstić information content (AvgIpc) is 2.30. The van der Waals surface area contributed by atoms with Crippen molar-refractivity contribution in [3.63, 3.8) is 0 Å². The lowest BCUT2D eigenvalue weighted by Crippen LogP contribution is -2.03. The van der Waals surface area contributed by atoms with Gasteiger partial charge in [0.05, 0.1) is 5.56 Å². The number of aromatic carboxylic acids is 1. The average molecular weight is 231 g/mol. The van der Waals surface area contributed by atoms with Gasteiger partial charge in [-0.1, -0.05) is 0 Å². The summed E-state index contributed by atoms with van der Waals surface area (Å²) in [6, 6.07) is 7.24. The van der Waals surface area contributed by atoms with E-state index < -0.39 is 11.8 Å². The van der Waals surface area contributed by atoms with E-state index in [0.717, 1.165) is 11.6 Å². The Balaban J connectivity index is 2.37. The van der Waals surface area contributed by atoms with Crippen molar-refractivity contribution in [1.82, 2.24) is 4.98 Å². The molecule has 86 valence electrons. The minimum absolute atomic E-state index is 0.128. The Kier molecular flexibility index (Phi) is 3.14. The molecule has 1 aromatic heterocycles. The molecule has 0 aliphatic rings. The fourth-order valence-corrected chi connectivity index (χ4v) is 1.64. The number of aromatic nitrogens is 1. The second-order valence-electron chi connectivity index (χ2n) is 3.64. The standard InChI is InChI=1S/C13H10FNO2/c14-11-1-2-12(13(16)17)10(8-11)7-9-3-5-15-6-4-9/h1-6,8H,7H2,(H,16,17). The summed E-state index contributed by atoms with van der Waals surface area (Å²) in [5.74, 6) is -1.48. The van der Waals surface area contributed by atoms with E-state index in [9.17, 15) is 9.18 Å². The van der Waals surface area contributed by atoms with Gasteiger partial charge >= 0.3 is 5.97 Å². The van der Waals surface area contributed by atoms with Crippen LogP contribution in [0.4, 0.5) is 4.39 Å². The van der Waals surface area contributed by atoms with Gasteiger partial charge in [0, 0.05) is 12.4 Å². The van der Waals surface area contributed by atoms with Crippen molar-refractivity contribution in [2.75, 3.05) is 0 Å². The van der Waals surface area contributed by atoms with E-state index >= 15 is 0 Å². The van der Waals surface area contributed by atoms with Crippen molar-refractivity contribution in [3.05, 3.63) is 65.2 Å². The molecule has 2 rings (SSSR count). The molecule has 0 bridgehead atoms. The van der Waals surface area contributed by atoms with Crippen LogP contribution in [0.25, 0.3) is 0 Å². The van der Waals surface area contributed by atoms with E-state index in [2.05, 4.69) is 4.98 Å². The number of carbonyl (C=O) groups is 1. The zero-order chi connectivity index (χ0) is 12.3. The molecule has 0 saturated heterocycles. The molecule has 0 fully saturated rings. The molecule has 0 unspecified atom stereocenters. The SMILES string of the molecule is O=C(O)c1ccc(F)cc1Cc1ccncc1. The predicted molar refractivity (Wildman–Crippen MR) is 60.4 cm³/mol. The van der Waals surface area contributed by atoms with Crippen LogP contribution in [-0.4, -0.2) is 16.1 Å². The van der Waals surface area contributed by atoms with Gasteiger partial charge in [0.15, 0.2) is 0 Å². The Morgan fingerprint density at radius 3 is 2.59 bits per heavy atom. The summed E-state index contributed by atoms with van der Waals surface area (Å²) in [6.45, 7) is 0. The first-order valence-electron chi connectivity index (χ1n) is 5.07. The van der Waals surface area contributed by atoms with E-state index in [-0.39, 0.29) is 5.56 Å². The molecule has 0 radical (unpaired) electrons. The fraction of sp³-hybridized carbons (Fsp3) is 0.0769. The predicted octanol–water partition coefficient (Wildman–Crippen LogP) is 2.51. The smallest absolute Gasteiger partial charge is 0.335 e. The highest BCUT2D eigenvalue weighted by Crippen LogP contribution is 2.15. The lowest BCUT2D eigenvalue weighted by Gasteiger charge is -2.06. The van der Waals surface area contributed by atoms with Crippen molar-refractivity contribution in [2.24, 2.45) is 0 Å². The molecular weight excluding hydrogens is 221 g/mol. The van der Waals surface area contributed by atoms with Crippen LogP contribution in [0.15, 0.2) is 42.7 Å². The second-order valence-corrected chi connectivity index (χ2v) is 3.64. The topological polar surface area (TPSA) is 50.2 Å². The van der Waals surface area contributed by atoms with Gasteiger partial charge in [-0.05, 0) is 47.9 Å². The first-order valence-corrected chi connectivity index (χ1v) is 5.07. The Bertz CT molecular complexity index is 540. The summed E-state index contributed by atoms with van der Waals surface area (Å²) in [7, 11) is 0. The van der Waals surface area contributed by atoms with Crippen molar-refractivity contribution in [2.45, 2.75) is 6.42 Å². The third-order valence-electron chi connectivity index (χ3n) is 2.44. The van der Waals surface area contributed by atoms with Crippen LogP contribution in [0.3, 0.4) is 0 Å². The van der Waals surface area contributed by atoms with Crippen molar-refractivity contribution in [3.8, 4) is 0 Å². The Hall–Kier alpha value is -2.23. The van der Waals surface area contributed by atoms with Crippen LogP contribution >= 0.6 is 0 Å². The molecule has 3 nitrogen and oxygen atoms in total. The van der Waals surface area contributed by atoms with E-state index in [1.165, 1.54) is 12.1 Å². The summed E-state index contributed by atoms with van der Waals surface area (Å²) in [6.07, 6.45) is 3.62. The van der Waals surface area contributed by atoms with Gasteiger partial charge in [-0.3, -0.25) is 4.98 Å². The van der Waals surface area contributed by atoms with Crippen molar-refractivity contribution >= 4 is 5.97 Å². The molecule has 0 amide bonds. The summed E-state index contributed by atoms with van der Waals surface area (Å²) in [4.78, 5) is 14.9. The maximum Gasteiger partial charge on any atom is 0.335 e. The lowest BCUT2D eigenvalue weighted by atomic mass is 10.0. The highest BCUT2D eigenvalue weighted by atomic mass is 19.1. The van der Waals surface area contributed by atoms with Gasteiger partial charge in [-0.2, -0.15) is 0 Å². The highest BCUT2D eigenvalue weighted by molar-refractivity contribution is 5.89. The summed E-state index contributed by atoms with van der Waals surface area (Å²) < 4.78 is 13.1. The van der Waals surface area contributed by atoms with Gasteiger partial charge in [-0.15, -0.1) is 0 Å². The quantitative estimate of drug-likeness (QED) is 0.882. The molecule has 2 aromatic rings. The minimum Gasteiger partial charge on any atom is -0.478 e. The zero-order valence-corrected chi connectivity index (χ0v) is 8.93. The first kappa shape index (κ1) is 11.3. The van der Waals surface area contributed by atoms with Crippen LogP contribution in [0.1, 0.15) is 21.5 Å². The molecule has 0 aliphatic heterocycles. The van der Waals surface area contributed by atoms with Crippen LogP contribution in [0.2, 0.25) is 0 Å². The molecule has 17 heavy (non-hydrogen) atoms. The first-order chi connectivity index (χ1) is 8.16. The van der Waals surface area contributed by atoms with E-state index in [1.54, 1.807) is 24.5 Å². The molecular formula is C13H10FNO2. The third-order valence-corrected chi connectivity index (χ3v) is 2.44. The van der Waals surface area contributed by atoms with Crippen LogP contribution in [0.5, 0.6) is 0 Å². The van der Waals surface area contributed by atoms with Gasteiger partial charge < -0.3 is 5.11 Å². The van der Waals surface area contributed by atoms with Gasteiger partial charge in [-0.25, -0.2) is 9.18 Å². The van der Waals surface area contributed by atoms with Gasteiger partial charge in [0.1, 0.15) is 5.82 Å². The fourth-order valence-electron chi connectivity index (χ4n) is 1.64. The van der Waals surface area contributed by atoms with Crippen molar-refractivity contribution < 1.29 is 14.3 Å². The largest absolute Gasteiger partial charge is 0.478 e. The number of hydrogen-bond donors (Lipinski definition) is 1. The minimum atomic E-state index is -1.05. The Labute approximate surface area is 97.6 Å². The lowest BCUT2D eigenvalue weighted by molar-refractivity contribution is 0.0696. The van der Waals surface area contributed by atoms with Crippen LogP contribution in [-0.2, 0) is 6.42 Å². The van der Waals surface area contributed by atoms with Crippen molar-refractivity contribution in [1.29, 1.82) is 0 Å². The second kappa shape index (κ2) is 4.74. The number of rotatable bonds is 3. The number of benzene rings is 1. The van der Waals surface area contributed by atoms with E-state index in [0.29, 0.717) is 12.0 Å². The van der Waals surface area contributed by atoms with Crippen LogP contribution < -0.4 is 0 Å². The summed E-state index contributed by atoms with van der Waals surface area (Å²) in [5, 5.41) is 9.00. The number of pyridine rings is 1. The van der Waals surface area contributed by atoms with Gasteiger partial charge in [0.25, 0.3) is 0 Å². The molecule has 1 aromatic carbocycles. The van der Waals surface area contributed by atoms with Gasteiger partial charge in [0.2, 0.25) is 0 Å². The molecule has 0 saturated carbocycles. The molecule has 1 N–H and O–H groups in total. The number of carboxylic acids is 1.